The predicted octanol–water partition coefficient (Wildman–Crippen LogP) is 1.88. The Balaban J connectivity index is 2.62. The van der Waals surface area contributed by atoms with Crippen molar-refractivity contribution in [3.05, 3.63) is 36.2 Å². The van der Waals surface area contributed by atoms with E-state index in [0.29, 0.717) is 5.89 Å². The Morgan fingerprint density at radius 2 is 1.78 bits per heavy atom. The number of benzene rings is 1. The van der Waals surface area contributed by atoms with Crippen LogP contribution in [0.1, 0.15) is 5.89 Å². The van der Waals surface area contributed by atoms with E-state index in [-0.39, 0.29) is 15.8 Å². The van der Waals surface area contributed by atoms with E-state index >= 15 is 0 Å². The number of sulfone groups is 1. The Morgan fingerprint density at radius 1 is 1.17 bits per heavy atom. The lowest BCUT2D eigenvalue weighted by atomic mass is 10.4. The third-order valence-corrected chi connectivity index (χ3v) is 4.07. The van der Waals surface area contributed by atoms with Gasteiger partial charge in [0.25, 0.3) is 0 Å². The highest BCUT2D eigenvalue weighted by Crippen LogP contribution is 2.29. The van der Waals surface area contributed by atoms with Crippen molar-refractivity contribution in [2.75, 3.05) is 19.0 Å². The third-order valence-electron chi connectivity index (χ3n) is 2.40. The van der Waals surface area contributed by atoms with E-state index in [1.165, 1.54) is 0 Å². The molecule has 5 nitrogen and oxygen atoms in total. The molecule has 0 radical (unpaired) electrons. The second kappa shape index (κ2) is 4.45. The first-order valence-corrected chi connectivity index (χ1v) is 6.86. The largest absolute Gasteiger partial charge is 0.424 e. The number of rotatable bonds is 3. The van der Waals surface area contributed by atoms with Gasteiger partial charge in [-0.2, -0.15) is 4.98 Å². The Bertz CT molecular complexity index is 645. The van der Waals surface area contributed by atoms with Gasteiger partial charge >= 0.3 is 0 Å². The summed E-state index contributed by atoms with van der Waals surface area (Å²) in [4.78, 5) is 5.79. The second-order valence-electron chi connectivity index (χ2n) is 4.05. The van der Waals surface area contributed by atoms with Crippen LogP contribution in [-0.2, 0) is 9.84 Å². The van der Waals surface area contributed by atoms with Gasteiger partial charge in [0, 0.05) is 21.0 Å². The molecule has 1 heterocycles. The van der Waals surface area contributed by atoms with Gasteiger partial charge < -0.3 is 9.32 Å². The van der Waals surface area contributed by atoms with Crippen LogP contribution in [0.15, 0.2) is 44.7 Å². The molecule has 1 aromatic carbocycles. The third kappa shape index (κ3) is 2.11. The van der Waals surface area contributed by atoms with Crippen molar-refractivity contribution >= 4 is 15.7 Å². The standard InChI is InChI=1S/C12H14N2O3S/c1-9-13-11(12(17-9)14(2)3)18(15,16)10-7-5-4-6-8-10/h4-8H,1-3H3. The lowest BCUT2D eigenvalue weighted by Gasteiger charge is -2.09. The van der Waals surface area contributed by atoms with E-state index in [2.05, 4.69) is 4.98 Å². The first-order valence-electron chi connectivity index (χ1n) is 5.38. The predicted molar refractivity (Wildman–Crippen MR) is 67.5 cm³/mol. The minimum absolute atomic E-state index is 0.0452. The summed E-state index contributed by atoms with van der Waals surface area (Å²) in [7, 11) is -0.216. The van der Waals surface area contributed by atoms with Gasteiger partial charge in [0.05, 0.1) is 4.90 Å². The maximum absolute atomic E-state index is 12.4. The number of oxazole rings is 1. The summed E-state index contributed by atoms with van der Waals surface area (Å²) in [6, 6.07) is 8.20. The van der Waals surface area contributed by atoms with Gasteiger partial charge in [0.2, 0.25) is 20.7 Å². The Labute approximate surface area is 106 Å². The second-order valence-corrected chi connectivity index (χ2v) is 5.92. The highest BCUT2D eigenvalue weighted by Gasteiger charge is 2.27. The zero-order chi connectivity index (χ0) is 13.3. The summed E-state index contributed by atoms with van der Waals surface area (Å²) in [6.45, 7) is 1.62. The topological polar surface area (TPSA) is 63.4 Å². The molecule has 0 fully saturated rings. The van der Waals surface area contributed by atoms with Gasteiger partial charge in [-0.1, -0.05) is 18.2 Å². The molecule has 2 aromatic rings. The molecule has 0 saturated heterocycles. The Kier molecular flexibility index (Phi) is 3.13. The lowest BCUT2D eigenvalue weighted by Crippen LogP contribution is -2.13. The van der Waals surface area contributed by atoms with Crippen molar-refractivity contribution in [2.24, 2.45) is 0 Å². The van der Waals surface area contributed by atoms with Crippen LogP contribution in [0.5, 0.6) is 0 Å². The van der Waals surface area contributed by atoms with Gasteiger partial charge in [-0.15, -0.1) is 0 Å². The molecule has 0 spiro atoms. The number of hydrogen-bond acceptors (Lipinski definition) is 5. The van der Waals surface area contributed by atoms with Crippen LogP contribution in [0.4, 0.5) is 5.88 Å². The number of aryl methyl sites for hydroxylation is 1. The van der Waals surface area contributed by atoms with E-state index < -0.39 is 9.84 Å². The molecule has 18 heavy (non-hydrogen) atoms. The molecule has 6 heteroatoms. The molecule has 1 aromatic heterocycles. The summed E-state index contributed by atoms with van der Waals surface area (Å²) in [5.74, 6) is 0.574. The smallest absolute Gasteiger partial charge is 0.235 e. The highest BCUT2D eigenvalue weighted by molar-refractivity contribution is 7.91. The van der Waals surface area contributed by atoms with Crippen LogP contribution in [0.3, 0.4) is 0 Å². The Morgan fingerprint density at radius 3 is 2.33 bits per heavy atom. The minimum atomic E-state index is -3.64. The zero-order valence-corrected chi connectivity index (χ0v) is 11.2. The van der Waals surface area contributed by atoms with Gasteiger partial charge in [-0.3, -0.25) is 0 Å². The van der Waals surface area contributed by atoms with Crippen molar-refractivity contribution in [1.82, 2.24) is 4.98 Å². The molecular weight excluding hydrogens is 252 g/mol. The fraction of sp³-hybridized carbons (Fsp3) is 0.250. The quantitative estimate of drug-likeness (QED) is 0.848. The van der Waals surface area contributed by atoms with Gasteiger partial charge in [-0.25, -0.2) is 8.42 Å². The SMILES string of the molecule is Cc1nc(S(=O)(=O)c2ccccc2)c(N(C)C)o1. The molecular formula is C12H14N2O3S. The number of aromatic nitrogens is 1. The summed E-state index contributed by atoms with van der Waals surface area (Å²) >= 11 is 0. The van der Waals surface area contributed by atoms with Gasteiger partial charge in [-0.05, 0) is 12.1 Å². The molecule has 96 valence electrons. The molecule has 0 bridgehead atoms. The molecule has 0 aliphatic rings. The summed E-state index contributed by atoms with van der Waals surface area (Å²) in [5, 5.41) is -0.0452. The van der Waals surface area contributed by atoms with Gasteiger partial charge in [0.15, 0.2) is 5.89 Å². The minimum Gasteiger partial charge on any atom is -0.424 e. The van der Waals surface area contributed by atoms with Crippen molar-refractivity contribution in [2.45, 2.75) is 16.8 Å². The van der Waals surface area contributed by atoms with Crippen LogP contribution >= 0.6 is 0 Å². The first-order chi connectivity index (χ1) is 8.43. The van der Waals surface area contributed by atoms with Crippen molar-refractivity contribution in [1.29, 1.82) is 0 Å². The number of hydrogen-bond donors (Lipinski definition) is 0. The maximum atomic E-state index is 12.4. The molecule has 0 saturated carbocycles. The zero-order valence-electron chi connectivity index (χ0n) is 10.4. The molecule has 0 aliphatic heterocycles. The fourth-order valence-electron chi connectivity index (χ4n) is 1.57. The Hall–Kier alpha value is -1.82. The van der Waals surface area contributed by atoms with E-state index in [9.17, 15) is 8.42 Å². The number of anilines is 1. The molecule has 0 unspecified atom stereocenters. The summed E-state index contributed by atoms with van der Waals surface area (Å²) in [5.41, 5.74) is 0. The fourth-order valence-corrected chi connectivity index (χ4v) is 3.01. The average molecular weight is 266 g/mol. The maximum Gasteiger partial charge on any atom is 0.235 e. The number of nitrogens with zero attached hydrogens (tertiary/aromatic N) is 2. The van der Waals surface area contributed by atoms with Crippen molar-refractivity contribution in [3.63, 3.8) is 0 Å². The van der Waals surface area contributed by atoms with Crippen LogP contribution in [0, 0.1) is 6.92 Å². The molecule has 0 N–H and O–H groups in total. The molecule has 0 atom stereocenters. The first kappa shape index (κ1) is 12.6. The van der Waals surface area contributed by atoms with Crippen molar-refractivity contribution < 1.29 is 12.8 Å². The summed E-state index contributed by atoms with van der Waals surface area (Å²) < 4.78 is 30.2. The highest BCUT2D eigenvalue weighted by atomic mass is 32.2. The van der Waals surface area contributed by atoms with Crippen LogP contribution in [-0.4, -0.2) is 27.5 Å². The monoisotopic (exact) mass is 266 g/mol. The normalized spacial score (nSPS) is 11.5. The van der Waals surface area contributed by atoms with Crippen LogP contribution < -0.4 is 4.90 Å². The van der Waals surface area contributed by atoms with Crippen LogP contribution in [0.25, 0.3) is 0 Å². The van der Waals surface area contributed by atoms with E-state index in [1.807, 2.05) is 0 Å². The summed E-state index contributed by atoms with van der Waals surface area (Å²) in [6.07, 6.45) is 0. The molecule has 2 rings (SSSR count). The lowest BCUT2D eigenvalue weighted by molar-refractivity contribution is 0.519. The van der Waals surface area contributed by atoms with E-state index in [4.69, 9.17) is 4.42 Å². The van der Waals surface area contributed by atoms with Crippen LogP contribution in [0.2, 0.25) is 0 Å². The van der Waals surface area contributed by atoms with E-state index in [1.54, 1.807) is 56.3 Å². The molecule has 0 aliphatic carbocycles. The van der Waals surface area contributed by atoms with Crippen molar-refractivity contribution in [3.8, 4) is 0 Å². The van der Waals surface area contributed by atoms with Gasteiger partial charge in [0.1, 0.15) is 0 Å². The average Bonchev–Trinajstić information content (AvgIpc) is 2.73. The van der Waals surface area contributed by atoms with E-state index in [0.717, 1.165) is 0 Å². The molecule has 0 amide bonds.